The highest BCUT2D eigenvalue weighted by Crippen LogP contribution is 2.48. The van der Waals surface area contributed by atoms with Gasteiger partial charge >= 0.3 is 0 Å². The van der Waals surface area contributed by atoms with Crippen LogP contribution in [0.4, 0.5) is 51.2 Å². The van der Waals surface area contributed by atoms with Crippen LogP contribution in [0.3, 0.4) is 0 Å². The number of nitrogens with zero attached hydrogens (tertiary/aromatic N) is 8. The average Bonchev–Trinajstić information content (AvgIpc) is 3.32. The molecule has 0 saturated carbocycles. The number of phenolic OH excluding ortho intramolecular Hbond substituents is 4. The maximum Gasteiger partial charge on any atom is 0.298 e. The van der Waals surface area contributed by atoms with Gasteiger partial charge in [0.25, 0.3) is 46.9 Å². The van der Waals surface area contributed by atoms with Crippen LogP contribution < -0.4 is 10.5 Å². The van der Waals surface area contributed by atoms with Crippen molar-refractivity contribution in [2.45, 2.75) is 19.6 Å². The van der Waals surface area contributed by atoms with E-state index in [0.717, 1.165) is 66.7 Å². The standard InChI is InChI=1S/C43H29N9O18S4/c44-37-36-21(2-11-30(42(36)57)49-50-31-13-9-26-27(43(31)74(67,68)69)10-12-29(40(26)55)48-46-24-6-14-32(54)33(18-24)70-19-53)16-34(72(61,62)63)38(37)51-47-23-3-1-20-15-35(73(64,65)66)39(41(56)28(20)17-23)52-45-22-4-7-25(8-5-22)71(58,59)60/h1-19,54-57H,44H2,(H,58,59,60)(H,61,62,63)(H,64,65,66)(H,67,68,69). The van der Waals surface area contributed by atoms with Crippen LogP contribution in [0.25, 0.3) is 32.3 Å². The van der Waals surface area contributed by atoms with Gasteiger partial charge in [-0.15, -0.1) is 25.6 Å². The fraction of sp³-hybridized carbons (Fsp3) is 0. The Hall–Kier alpha value is -8.95. The third kappa shape index (κ3) is 10.4. The normalized spacial score (nSPS) is 12.9. The number of phenols is 4. The van der Waals surface area contributed by atoms with Crippen molar-refractivity contribution in [3.63, 3.8) is 0 Å². The van der Waals surface area contributed by atoms with Crippen LogP contribution in [0.15, 0.2) is 170 Å². The quantitative estimate of drug-likeness (QED) is 0.0211. The Morgan fingerprint density at radius 2 is 0.959 bits per heavy atom. The minimum absolute atomic E-state index is 0.0184. The Morgan fingerprint density at radius 3 is 1.62 bits per heavy atom. The van der Waals surface area contributed by atoms with Crippen LogP contribution in [0.5, 0.6) is 28.7 Å². The summed E-state index contributed by atoms with van der Waals surface area (Å²) in [6, 6.07) is 19.9. The van der Waals surface area contributed by atoms with Crippen LogP contribution in [0.2, 0.25) is 0 Å². The Labute approximate surface area is 414 Å². The van der Waals surface area contributed by atoms with Gasteiger partial charge in [0, 0.05) is 22.2 Å². The lowest BCUT2D eigenvalue weighted by molar-refractivity contribution is -0.120. The number of rotatable bonds is 14. The van der Waals surface area contributed by atoms with Crippen LogP contribution in [0, 0.1) is 0 Å². The van der Waals surface area contributed by atoms with Gasteiger partial charge in [-0.3, -0.25) is 23.0 Å². The molecule has 0 aliphatic carbocycles. The average molecular weight is 1090 g/mol. The molecule has 10 N–H and O–H groups in total. The van der Waals surface area contributed by atoms with Gasteiger partial charge in [-0.05, 0) is 95.7 Å². The van der Waals surface area contributed by atoms with Crippen LogP contribution in [-0.4, -0.2) is 78.8 Å². The van der Waals surface area contributed by atoms with Crippen molar-refractivity contribution >= 4 is 130 Å². The first-order chi connectivity index (χ1) is 34.7. The SMILES string of the molecule is Nc1c(N=Nc2ccc3cc(S(=O)(=O)O)c(N=Nc4ccc(S(=O)(=O)O)cc4)c(O)c3c2)c(S(=O)(=O)O)cc2ccc(N=Nc3ccc4c(O)c(N=Nc5ccc(O)c(OC=O)c5)ccc4c3S(=O)(=O)O)c(O)c12. The highest BCUT2D eigenvalue weighted by atomic mass is 32.2. The number of hydrogen-bond acceptors (Lipinski definition) is 23. The molecule has 8 rings (SSSR count). The number of nitrogen functional groups attached to an aromatic ring is 1. The highest BCUT2D eigenvalue weighted by molar-refractivity contribution is 7.86. The maximum atomic E-state index is 12.8. The summed E-state index contributed by atoms with van der Waals surface area (Å²) in [5.41, 5.74) is 2.93. The zero-order valence-corrected chi connectivity index (χ0v) is 39.7. The number of benzene rings is 8. The summed E-state index contributed by atoms with van der Waals surface area (Å²) in [5, 5.41) is 73.6. The third-order valence-electron chi connectivity index (χ3n) is 10.5. The van der Waals surface area contributed by atoms with E-state index in [2.05, 4.69) is 45.7 Å². The van der Waals surface area contributed by atoms with E-state index in [1.807, 2.05) is 0 Å². The van der Waals surface area contributed by atoms with Gasteiger partial charge in [-0.2, -0.15) is 49.0 Å². The molecule has 0 amide bonds. The molecule has 31 heteroatoms. The summed E-state index contributed by atoms with van der Waals surface area (Å²) in [4.78, 5) is 7.59. The first-order valence-corrected chi connectivity index (χ1v) is 25.8. The molecule has 0 unspecified atom stereocenters. The van der Waals surface area contributed by atoms with Crippen LogP contribution in [0.1, 0.15) is 0 Å². The smallest absolute Gasteiger partial charge is 0.298 e. The first kappa shape index (κ1) is 51.4. The monoisotopic (exact) mass is 1090 g/mol. The van der Waals surface area contributed by atoms with E-state index < -0.39 is 106 Å². The molecule has 0 atom stereocenters. The van der Waals surface area contributed by atoms with Gasteiger partial charge in [0.1, 0.15) is 43.1 Å². The molecular weight excluding hydrogens is 1060 g/mol. The lowest BCUT2D eigenvalue weighted by Crippen LogP contribution is -2.01. The molecule has 0 radical (unpaired) electrons. The van der Waals surface area contributed by atoms with Crippen LogP contribution >= 0.6 is 0 Å². The molecule has 0 saturated heterocycles. The number of nitrogens with two attached hydrogens (primary N) is 1. The Bertz CT molecular complexity index is 4310. The van der Waals surface area contributed by atoms with Crippen molar-refractivity contribution in [1.29, 1.82) is 0 Å². The molecule has 0 aliphatic heterocycles. The molecule has 0 heterocycles. The molecule has 27 nitrogen and oxygen atoms in total. The first-order valence-electron chi connectivity index (χ1n) is 20.0. The number of carbonyl (C=O) groups is 1. The van der Waals surface area contributed by atoms with Gasteiger partial charge < -0.3 is 30.9 Å². The summed E-state index contributed by atoms with van der Waals surface area (Å²) < 4.78 is 143. The fourth-order valence-electron chi connectivity index (χ4n) is 7.13. The van der Waals surface area contributed by atoms with Crippen LogP contribution in [-0.2, 0) is 45.3 Å². The predicted octanol–water partition coefficient (Wildman–Crippen LogP) is 9.73. The minimum Gasteiger partial charge on any atom is -0.505 e. The molecule has 8 aromatic carbocycles. The fourth-order valence-corrected chi connectivity index (χ4v) is 9.76. The molecule has 0 spiro atoms. The van der Waals surface area contributed by atoms with Gasteiger partial charge in [0.2, 0.25) is 0 Å². The Morgan fingerprint density at radius 1 is 0.446 bits per heavy atom. The number of ether oxygens (including phenoxy) is 1. The number of azo groups is 4. The van der Waals surface area contributed by atoms with Gasteiger partial charge in [0.15, 0.2) is 28.7 Å². The van der Waals surface area contributed by atoms with Crippen molar-refractivity contribution in [2.75, 3.05) is 5.73 Å². The zero-order chi connectivity index (χ0) is 53.7. The van der Waals surface area contributed by atoms with Crippen molar-refractivity contribution in [3.8, 4) is 28.7 Å². The molecule has 0 fully saturated rings. The van der Waals surface area contributed by atoms with E-state index in [0.29, 0.717) is 0 Å². The molecule has 378 valence electrons. The van der Waals surface area contributed by atoms with Gasteiger partial charge in [-0.1, -0.05) is 18.2 Å². The van der Waals surface area contributed by atoms with Gasteiger partial charge in [0.05, 0.1) is 33.0 Å². The minimum atomic E-state index is -5.17. The van der Waals surface area contributed by atoms with Crippen molar-refractivity contribution in [3.05, 3.63) is 109 Å². The largest absolute Gasteiger partial charge is 0.505 e. The van der Waals surface area contributed by atoms with Crippen molar-refractivity contribution in [1.82, 2.24) is 0 Å². The van der Waals surface area contributed by atoms with E-state index in [9.17, 15) is 77.1 Å². The summed E-state index contributed by atoms with van der Waals surface area (Å²) >= 11 is 0. The summed E-state index contributed by atoms with van der Waals surface area (Å²) in [6.45, 7) is 0.0752. The lowest BCUT2D eigenvalue weighted by Gasteiger charge is -2.12. The second kappa shape index (κ2) is 19.2. The molecule has 0 bridgehead atoms. The molecular formula is C43H29N9O18S4. The Balaban J connectivity index is 1.16. The second-order valence-corrected chi connectivity index (χ2v) is 20.7. The molecule has 0 aliphatic rings. The van der Waals surface area contributed by atoms with Crippen molar-refractivity contribution in [2.24, 2.45) is 40.9 Å². The summed E-state index contributed by atoms with van der Waals surface area (Å²) in [7, 11) is -20.0. The number of carbonyl (C=O) groups excluding carboxylic acids is 1. The highest BCUT2D eigenvalue weighted by Gasteiger charge is 2.26. The van der Waals surface area contributed by atoms with E-state index >= 15 is 0 Å². The maximum absolute atomic E-state index is 12.8. The third-order valence-corrected chi connectivity index (χ3v) is 14.0. The van der Waals surface area contributed by atoms with Gasteiger partial charge in [-0.25, -0.2) is 0 Å². The topological polar surface area (TPSA) is 450 Å². The number of fused-ring (bicyclic) bond motifs is 3. The zero-order valence-electron chi connectivity index (χ0n) is 36.4. The Kier molecular flexibility index (Phi) is 13.4. The lowest BCUT2D eigenvalue weighted by atomic mass is 10.1. The summed E-state index contributed by atoms with van der Waals surface area (Å²) in [6.07, 6.45) is 0. The molecule has 74 heavy (non-hydrogen) atoms. The van der Waals surface area contributed by atoms with Crippen molar-refractivity contribution < 1.29 is 81.8 Å². The predicted molar refractivity (Wildman–Crippen MR) is 258 cm³/mol. The number of hydrogen-bond donors (Lipinski definition) is 9. The van der Waals surface area contributed by atoms with E-state index in [1.54, 1.807) is 0 Å². The summed E-state index contributed by atoms with van der Waals surface area (Å²) in [5.74, 6) is -2.88. The van der Waals surface area contributed by atoms with E-state index in [-0.39, 0.29) is 73.0 Å². The number of aromatic hydroxyl groups is 4. The van der Waals surface area contributed by atoms with E-state index in [1.165, 1.54) is 42.5 Å². The van der Waals surface area contributed by atoms with E-state index in [4.69, 9.17) is 5.73 Å². The molecule has 8 aromatic rings. The number of anilines is 1. The second-order valence-electron chi connectivity index (χ2n) is 15.1. The molecule has 0 aromatic heterocycles.